The van der Waals surface area contributed by atoms with E-state index in [4.69, 9.17) is 18.9 Å². The van der Waals surface area contributed by atoms with Crippen LogP contribution in [0.1, 0.15) is 45.8 Å². The van der Waals surface area contributed by atoms with E-state index < -0.39 is 35.6 Å². The molecule has 4 aromatic carbocycles. The Morgan fingerprint density at radius 3 is 1.94 bits per heavy atom. The van der Waals surface area contributed by atoms with E-state index in [-0.39, 0.29) is 18.3 Å². The largest absolute Gasteiger partial charge is 0.497 e. The second-order valence-corrected chi connectivity index (χ2v) is 12.0. The number of rotatable bonds is 11. The predicted octanol–water partition coefficient (Wildman–Crippen LogP) is 5.72. The highest BCUT2D eigenvalue weighted by molar-refractivity contribution is 6.04. The van der Waals surface area contributed by atoms with Gasteiger partial charge in [-0.1, -0.05) is 79.7 Å². The number of carbonyl (C=O) groups excluding carboxylic acids is 1. The number of methoxy groups -OCH3 is 2. The quantitative estimate of drug-likeness (QED) is 0.173. The van der Waals surface area contributed by atoms with Gasteiger partial charge in [0.2, 0.25) is 0 Å². The zero-order valence-corrected chi connectivity index (χ0v) is 27.8. The van der Waals surface area contributed by atoms with Crippen molar-refractivity contribution in [2.75, 3.05) is 26.1 Å². The topological polar surface area (TPSA) is 121 Å². The molecular formula is C39H39N3O7. The Morgan fingerprint density at radius 2 is 1.39 bits per heavy atom. The van der Waals surface area contributed by atoms with E-state index in [1.807, 2.05) is 91.9 Å². The van der Waals surface area contributed by atoms with Crippen molar-refractivity contribution in [3.8, 4) is 11.5 Å². The van der Waals surface area contributed by atoms with Crippen LogP contribution in [0.4, 0.5) is 5.82 Å². The van der Waals surface area contributed by atoms with E-state index in [1.165, 1.54) is 4.57 Å². The van der Waals surface area contributed by atoms with Crippen LogP contribution in [0.15, 0.2) is 120 Å². The van der Waals surface area contributed by atoms with Gasteiger partial charge in [-0.05, 0) is 60.0 Å². The van der Waals surface area contributed by atoms with E-state index in [0.717, 1.165) is 16.7 Å². The number of hydrogen-bond donors (Lipinski definition) is 2. The molecule has 1 unspecified atom stereocenters. The monoisotopic (exact) mass is 661 g/mol. The number of nitrogens with one attached hydrogen (secondary N) is 1. The summed E-state index contributed by atoms with van der Waals surface area (Å²) in [7, 11) is 3.24. The molecular weight excluding hydrogens is 622 g/mol. The summed E-state index contributed by atoms with van der Waals surface area (Å²) in [6.07, 6.45) is -0.982. The lowest BCUT2D eigenvalue weighted by Gasteiger charge is -2.37. The molecule has 1 fully saturated rings. The van der Waals surface area contributed by atoms with Gasteiger partial charge in [0.05, 0.1) is 26.9 Å². The van der Waals surface area contributed by atoms with Gasteiger partial charge in [-0.3, -0.25) is 9.36 Å². The minimum Gasteiger partial charge on any atom is -0.497 e. The minimum atomic E-state index is -1.11. The smallest absolute Gasteiger partial charge is 0.351 e. The van der Waals surface area contributed by atoms with Gasteiger partial charge in [-0.15, -0.1) is 0 Å². The molecule has 49 heavy (non-hydrogen) atoms. The fourth-order valence-electron chi connectivity index (χ4n) is 6.27. The first-order chi connectivity index (χ1) is 23.7. The predicted molar refractivity (Wildman–Crippen MR) is 185 cm³/mol. The molecule has 10 heteroatoms. The third-order valence-electron chi connectivity index (χ3n) is 9.00. The van der Waals surface area contributed by atoms with Crippen molar-refractivity contribution >= 4 is 11.7 Å². The molecule has 0 radical (unpaired) electrons. The molecule has 2 heterocycles. The van der Waals surface area contributed by atoms with Crippen LogP contribution < -0.4 is 20.5 Å². The van der Waals surface area contributed by atoms with Gasteiger partial charge in [0, 0.05) is 23.2 Å². The highest BCUT2D eigenvalue weighted by Gasteiger charge is 2.45. The zero-order valence-electron chi connectivity index (χ0n) is 27.8. The average Bonchev–Trinajstić information content (AvgIpc) is 3.43. The highest BCUT2D eigenvalue weighted by atomic mass is 16.6. The van der Waals surface area contributed by atoms with Gasteiger partial charge in [0.1, 0.15) is 35.2 Å². The molecule has 0 aliphatic carbocycles. The van der Waals surface area contributed by atoms with Crippen molar-refractivity contribution in [1.82, 2.24) is 9.55 Å². The Labute approximate surface area is 284 Å². The summed E-state index contributed by atoms with van der Waals surface area (Å²) >= 11 is 0. The summed E-state index contributed by atoms with van der Waals surface area (Å²) in [5.74, 6) is 0.707. The van der Waals surface area contributed by atoms with Gasteiger partial charge in [-0.25, -0.2) is 4.79 Å². The molecule has 2 N–H and O–H groups in total. The second kappa shape index (κ2) is 14.4. The minimum absolute atomic E-state index is 0.0126. The number of aromatic nitrogens is 2. The molecule has 4 atom stereocenters. The number of hydrogen-bond acceptors (Lipinski definition) is 8. The molecule has 1 aliphatic rings. The highest BCUT2D eigenvalue weighted by Crippen LogP contribution is 2.43. The Bertz CT molecular complexity index is 1880. The molecule has 252 valence electrons. The Morgan fingerprint density at radius 1 is 0.857 bits per heavy atom. The summed E-state index contributed by atoms with van der Waals surface area (Å²) in [6.45, 7) is 3.55. The Kier molecular flexibility index (Phi) is 9.91. The number of nitrogens with zero attached hydrogens (tertiary/aromatic N) is 2. The number of aliphatic hydroxyl groups is 1. The van der Waals surface area contributed by atoms with Crippen LogP contribution in [-0.2, 0) is 15.1 Å². The summed E-state index contributed by atoms with van der Waals surface area (Å²) in [5, 5.41) is 14.2. The molecule has 0 saturated carbocycles. The van der Waals surface area contributed by atoms with Gasteiger partial charge in [-0.2, -0.15) is 4.98 Å². The maximum Gasteiger partial charge on any atom is 0.351 e. The third kappa shape index (κ3) is 6.71. The van der Waals surface area contributed by atoms with Gasteiger partial charge in [0.15, 0.2) is 0 Å². The Hall–Kier alpha value is -5.29. The number of ether oxygens (including phenoxy) is 4. The van der Waals surface area contributed by atoms with E-state index in [1.54, 1.807) is 51.6 Å². The molecule has 1 aromatic heterocycles. The molecule has 1 saturated heterocycles. The van der Waals surface area contributed by atoms with Crippen LogP contribution >= 0.6 is 0 Å². The van der Waals surface area contributed by atoms with Gasteiger partial charge >= 0.3 is 5.69 Å². The molecule has 1 amide bonds. The molecule has 6 rings (SSSR count). The van der Waals surface area contributed by atoms with E-state index in [9.17, 15) is 14.7 Å². The maximum atomic E-state index is 13.3. The van der Waals surface area contributed by atoms with Crippen molar-refractivity contribution in [3.05, 3.63) is 154 Å². The van der Waals surface area contributed by atoms with Crippen molar-refractivity contribution in [1.29, 1.82) is 0 Å². The zero-order chi connectivity index (χ0) is 34.5. The number of aryl methyl sites for hydroxylation is 1. The van der Waals surface area contributed by atoms with Crippen LogP contribution in [0.5, 0.6) is 11.5 Å². The first kappa shape index (κ1) is 33.6. The number of aliphatic hydroxyl groups excluding tert-OH is 1. The van der Waals surface area contributed by atoms with Gasteiger partial charge in [0.25, 0.3) is 5.91 Å². The van der Waals surface area contributed by atoms with Crippen LogP contribution in [0, 0.1) is 12.8 Å². The number of amides is 1. The van der Waals surface area contributed by atoms with Crippen LogP contribution in [0.2, 0.25) is 0 Å². The SMILES string of the molecule is COc1ccc(C(OC[C@H]2O[C@@H](n3cc(C)c(NC(=O)c4ccccc4)nc3=O)[C@@H](C)C2O)(c2ccccc2)c2ccc(OC)cc2)cc1. The second-order valence-electron chi connectivity index (χ2n) is 12.0. The van der Waals surface area contributed by atoms with Gasteiger partial charge < -0.3 is 29.4 Å². The number of benzene rings is 4. The summed E-state index contributed by atoms with van der Waals surface area (Å²) < 4.78 is 25.6. The maximum absolute atomic E-state index is 13.3. The lowest BCUT2D eigenvalue weighted by molar-refractivity contribution is -0.0948. The Balaban J connectivity index is 1.31. The normalized spacial score (nSPS) is 19.0. The number of carbonyl (C=O) groups is 1. The first-order valence-electron chi connectivity index (χ1n) is 16.0. The fraction of sp³-hybridized carbons (Fsp3) is 0.256. The van der Waals surface area contributed by atoms with Crippen LogP contribution in [0.3, 0.4) is 0 Å². The van der Waals surface area contributed by atoms with Crippen LogP contribution in [0.25, 0.3) is 0 Å². The van der Waals surface area contributed by atoms with Crippen LogP contribution in [-0.4, -0.2) is 53.6 Å². The summed E-state index contributed by atoms with van der Waals surface area (Å²) in [5.41, 5.74) is 1.83. The molecule has 10 nitrogen and oxygen atoms in total. The molecule has 1 aliphatic heterocycles. The molecule has 0 bridgehead atoms. The molecule has 5 aromatic rings. The third-order valence-corrected chi connectivity index (χ3v) is 9.00. The van der Waals surface area contributed by atoms with Crippen molar-refractivity contribution in [3.63, 3.8) is 0 Å². The number of anilines is 1. The van der Waals surface area contributed by atoms with Crippen molar-refractivity contribution in [2.45, 2.75) is 37.9 Å². The fourth-order valence-corrected chi connectivity index (χ4v) is 6.27. The summed E-state index contributed by atoms with van der Waals surface area (Å²) in [6, 6.07) is 33.9. The lowest BCUT2D eigenvalue weighted by Crippen LogP contribution is -2.38. The van der Waals surface area contributed by atoms with Crippen molar-refractivity contribution in [2.24, 2.45) is 5.92 Å². The molecule has 0 spiro atoms. The van der Waals surface area contributed by atoms with E-state index in [2.05, 4.69) is 10.3 Å². The average molecular weight is 662 g/mol. The standard InChI is InChI=1S/C39H39N3O7/c1-25-23-42(38(45)41-35(25)40-36(44)27-11-7-5-8-12-27)37-26(2)34(43)33(49-37)24-48-39(28-13-9-6-10-14-28,29-15-19-31(46-3)20-16-29)30-17-21-32(47-4)22-18-30/h5-23,26,33-34,37,43H,24H2,1-4H3,(H,40,41,44,45)/t26-,33+,34?,37+/m0/s1. The first-order valence-corrected chi connectivity index (χ1v) is 16.0. The van der Waals surface area contributed by atoms with E-state index >= 15 is 0 Å². The van der Waals surface area contributed by atoms with Crippen molar-refractivity contribution < 1.29 is 28.8 Å². The lowest BCUT2D eigenvalue weighted by atomic mass is 9.80. The van der Waals surface area contributed by atoms with E-state index in [0.29, 0.717) is 22.6 Å². The summed E-state index contributed by atoms with van der Waals surface area (Å²) in [4.78, 5) is 30.2.